The van der Waals surface area contributed by atoms with Crippen LogP contribution in [0, 0.1) is 0 Å². The quantitative estimate of drug-likeness (QED) is 0.810. The van der Waals surface area contributed by atoms with Crippen molar-refractivity contribution in [3.63, 3.8) is 0 Å². The molecule has 0 heterocycles. The summed E-state index contributed by atoms with van der Waals surface area (Å²) in [5, 5.41) is 9.90. The van der Waals surface area contributed by atoms with Gasteiger partial charge in [0.05, 0.1) is 0 Å². The molecule has 94 valence electrons. The second-order valence-corrected chi connectivity index (χ2v) is 5.32. The largest absolute Gasteiger partial charge is 0.491 e. The maximum atomic E-state index is 9.90. The molecule has 2 nitrogen and oxygen atoms in total. The molecule has 0 fully saturated rings. The fourth-order valence-electron chi connectivity index (χ4n) is 1.87. The number of benzene rings is 1. The molecule has 17 heavy (non-hydrogen) atoms. The summed E-state index contributed by atoms with van der Waals surface area (Å²) in [4.78, 5) is 0. The van der Waals surface area contributed by atoms with Crippen molar-refractivity contribution in [2.24, 2.45) is 0 Å². The van der Waals surface area contributed by atoms with Crippen molar-refractivity contribution in [1.29, 1.82) is 0 Å². The Morgan fingerprint density at radius 2 is 1.88 bits per heavy atom. The van der Waals surface area contributed by atoms with E-state index >= 15 is 0 Å². The Bertz CT molecular complexity index is 369. The van der Waals surface area contributed by atoms with E-state index in [1.54, 1.807) is 0 Å². The van der Waals surface area contributed by atoms with E-state index in [1.807, 2.05) is 13.0 Å². The predicted octanol–water partition coefficient (Wildman–Crippen LogP) is 2.27. The third kappa shape index (κ3) is 3.58. The lowest BCUT2D eigenvalue weighted by molar-refractivity contribution is 0.287. The van der Waals surface area contributed by atoms with Crippen LogP contribution in [0.3, 0.4) is 0 Å². The Kier molecular flexibility index (Phi) is 4.78. The molecule has 0 aliphatic carbocycles. The summed E-state index contributed by atoms with van der Waals surface area (Å²) in [6, 6.07) is 6.24. The summed E-state index contributed by atoms with van der Waals surface area (Å²) >= 11 is 0. The first-order valence-electron chi connectivity index (χ1n) is 6.33. The summed E-state index contributed by atoms with van der Waals surface area (Å²) in [5.41, 5.74) is 3.49. The van der Waals surface area contributed by atoms with Gasteiger partial charge in [0.25, 0.3) is 0 Å². The molecule has 1 aromatic rings. The SMILES string of the molecule is CCOB(O)c1ccc(C(C)(C)C)cc1CC. The molecule has 0 aliphatic heterocycles. The van der Waals surface area contributed by atoms with Gasteiger partial charge in [0.1, 0.15) is 0 Å². The van der Waals surface area contributed by atoms with Gasteiger partial charge < -0.3 is 9.68 Å². The first kappa shape index (κ1) is 14.3. The molecule has 0 unspecified atom stereocenters. The summed E-state index contributed by atoms with van der Waals surface area (Å²) < 4.78 is 5.25. The van der Waals surface area contributed by atoms with Gasteiger partial charge in [-0.1, -0.05) is 45.9 Å². The van der Waals surface area contributed by atoms with Crippen LogP contribution < -0.4 is 5.46 Å². The average Bonchev–Trinajstić information content (AvgIpc) is 2.27. The van der Waals surface area contributed by atoms with Gasteiger partial charge in [-0.15, -0.1) is 0 Å². The molecular weight excluding hydrogens is 211 g/mol. The summed E-state index contributed by atoms with van der Waals surface area (Å²) in [5.74, 6) is 0. The average molecular weight is 234 g/mol. The zero-order chi connectivity index (χ0) is 13.1. The first-order valence-corrected chi connectivity index (χ1v) is 6.33. The Morgan fingerprint density at radius 3 is 2.35 bits per heavy atom. The Balaban J connectivity index is 3.10. The Morgan fingerprint density at radius 1 is 1.24 bits per heavy atom. The van der Waals surface area contributed by atoms with Gasteiger partial charge in [-0.3, -0.25) is 0 Å². The zero-order valence-corrected chi connectivity index (χ0v) is 11.6. The Labute approximate surface area is 105 Å². The van der Waals surface area contributed by atoms with Gasteiger partial charge in [0.15, 0.2) is 0 Å². The molecule has 0 saturated heterocycles. The summed E-state index contributed by atoms with van der Waals surface area (Å²) in [6.07, 6.45) is 0.906. The number of hydrogen-bond donors (Lipinski definition) is 1. The van der Waals surface area contributed by atoms with E-state index < -0.39 is 7.12 Å². The van der Waals surface area contributed by atoms with Crippen molar-refractivity contribution in [2.75, 3.05) is 6.61 Å². The molecule has 0 atom stereocenters. The van der Waals surface area contributed by atoms with Crippen LogP contribution in [-0.2, 0) is 16.5 Å². The van der Waals surface area contributed by atoms with E-state index in [-0.39, 0.29) is 5.41 Å². The van der Waals surface area contributed by atoms with Crippen LogP contribution in [0.5, 0.6) is 0 Å². The second kappa shape index (κ2) is 5.70. The van der Waals surface area contributed by atoms with Crippen LogP contribution in [0.1, 0.15) is 45.7 Å². The molecule has 0 aliphatic rings. The van der Waals surface area contributed by atoms with Gasteiger partial charge in [0.2, 0.25) is 0 Å². The molecule has 0 aromatic heterocycles. The summed E-state index contributed by atoms with van der Waals surface area (Å²) in [7, 11) is -0.802. The van der Waals surface area contributed by atoms with Crippen molar-refractivity contribution in [3.8, 4) is 0 Å². The van der Waals surface area contributed by atoms with Crippen molar-refractivity contribution < 1.29 is 9.68 Å². The standard InChI is InChI=1S/C14H23BO2/c1-6-11-10-12(14(3,4)5)8-9-13(11)15(16)17-7-2/h8-10,16H,6-7H2,1-5H3. The molecule has 1 aromatic carbocycles. The van der Waals surface area contributed by atoms with Crippen LogP contribution in [0.15, 0.2) is 18.2 Å². The fourth-order valence-corrected chi connectivity index (χ4v) is 1.87. The third-order valence-corrected chi connectivity index (χ3v) is 2.98. The van der Waals surface area contributed by atoms with Gasteiger partial charge in [-0.25, -0.2) is 0 Å². The monoisotopic (exact) mass is 234 g/mol. The molecule has 0 bridgehead atoms. The second-order valence-electron chi connectivity index (χ2n) is 5.32. The van der Waals surface area contributed by atoms with E-state index in [4.69, 9.17) is 4.65 Å². The van der Waals surface area contributed by atoms with Crippen LogP contribution in [0.2, 0.25) is 0 Å². The van der Waals surface area contributed by atoms with Crippen LogP contribution in [0.4, 0.5) is 0 Å². The molecule has 0 saturated carbocycles. The minimum atomic E-state index is -0.802. The maximum Gasteiger partial charge on any atom is 0.491 e. The van der Waals surface area contributed by atoms with Gasteiger partial charge in [-0.2, -0.15) is 0 Å². The zero-order valence-electron chi connectivity index (χ0n) is 11.6. The van der Waals surface area contributed by atoms with E-state index in [1.165, 1.54) is 11.1 Å². The number of aryl methyl sites for hydroxylation is 1. The maximum absolute atomic E-state index is 9.90. The van der Waals surface area contributed by atoms with E-state index in [2.05, 4.69) is 39.8 Å². The lowest BCUT2D eigenvalue weighted by Gasteiger charge is -2.21. The molecule has 0 radical (unpaired) electrons. The van der Waals surface area contributed by atoms with Crippen molar-refractivity contribution in [2.45, 2.75) is 46.5 Å². The van der Waals surface area contributed by atoms with E-state index in [0.29, 0.717) is 6.61 Å². The minimum absolute atomic E-state index is 0.138. The van der Waals surface area contributed by atoms with Crippen molar-refractivity contribution in [3.05, 3.63) is 29.3 Å². The lowest BCUT2D eigenvalue weighted by atomic mass is 9.73. The number of hydrogen-bond acceptors (Lipinski definition) is 2. The highest BCUT2D eigenvalue weighted by atomic mass is 16.5. The van der Waals surface area contributed by atoms with E-state index in [0.717, 1.165) is 11.9 Å². The van der Waals surface area contributed by atoms with Crippen LogP contribution in [0.25, 0.3) is 0 Å². The molecular formula is C14H23BO2. The predicted molar refractivity (Wildman–Crippen MR) is 73.8 cm³/mol. The van der Waals surface area contributed by atoms with Crippen molar-refractivity contribution in [1.82, 2.24) is 0 Å². The van der Waals surface area contributed by atoms with Crippen LogP contribution in [-0.4, -0.2) is 18.7 Å². The smallest absolute Gasteiger partial charge is 0.423 e. The van der Waals surface area contributed by atoms with Crippen molar-refractivity contribution >= 4 is 12.6 Å². The number of rotatable bonds is 4. The first-order chi connectivity index (χ1) is 7.90. The fraction of sp³-hybridized carbons (Fsp3) is 0.571. The normalized spacial score (nSPS) is 11.6. The van der Waals surface area contributed by atoms with Gasteiger partial charge in [0, 0.05) is 6.61 Å². The molecule has 0 spiro atoms. The topological polar surface area (TPSA) is 29.5 Å². The Hall–Kier alpha value is -0.795. The lowest BCUT2D eigenvalue weighted by Crippen LogP contribution is -2.36. The highest BCUT2D eigenvalue weighted by Crippen LogP contribution is 2.22. The highest BCUT2D eigenvalue weighted by Gasteiger charge is 2.21. The molecule has 0 amide bonds. The van der Waals surface area contributed by atoms with Gasteiger partial charge in [-0.05, 0) is 35.3 Å². The summed E-state index contributed by atoms with van der Waals surface area (Å²) in [6.45, 7) is 11.1. The minimum Gasteiger partial charge on any atom is -0.423 e. The van der Waals surface area contributed by atoms with Gasteiger partial charge >= 0.3 is 7.12 Å². The molecule has 1 rings (SSSR count). The molecule has 3 heteroatoms. The van der Waals surface area contributed by atoms with Crippen LogP contribution >= 0.6 is 0 Å². The van der Waals surface area contributed by atoms with E-state index in [9.17, 15) is 5.02 Å². The highest BCUT2D eigenvalue weighted by molar-refractivity contribution is 6.60. The third-order valence-electron chi connectivity index (χ3n) is 2.98. The molecule has 1 N–H and O–H groups in total.